The number of piperidine rings is 1. The molecule has 1 atom stereocenters. The molecule has 1 unspecified atom stereocenters. The van der Waals surface area contributed by atoms with Gasteiger partial charge in [0.05, 0.1) is 5.56 Å². The van der Waals surface area contributed by atoms with E-state index in [4.69, 9.17) is 5.11 Å². The van der Waals surface area contributed by atoms with Crippen LogP contribution in [0.1, 0.15) is 29.6 Å². The summed E-state index contributed by atoms with van der Waals surface area (Å²) in [5, 5.41) is 8.83. The molecule has 1 aliphatic rings. The normalized spacial score (nSPS) is 18.9. The lowest BCUT2D eigenvalue weighted by Crippen LogP contribution is -2.40. The van der Waals surface area contributed by atoms with Gasteiger partial charge < -0.3 is 10.0 Å². The molecule has 0 bridgehead atoms. The van der Waals surface area contributed by atoms with Crippen molar-refractivity contribution >= 4 is 27.8 Å². The van der Waals surface area contributed by atoms with Crippen LogP contribution in [-0.4, -0.2) is 35.0 Å². The van der Waals surface area contributed by atoms with Crippen molar-refractivity contribution in [2.24, 2.45) is 5.92 Å². The number of halogens is 2. The van der Waals surface area contributed by atoms with E-state index in [1.807, 2.05) is 0 Å². The van der Waals surface area contributed by atoms with Crippen LogP contribution in [0.4, 0.5) is 4.39 Å². The second-order valence-electron chi connectivity index (χ2n) is 4.98. The van der Waals surface area contributed by atoms with E-state index in [1.165, 1.54) is 18.2 Å². The number of amides is 1. The Hall–Kier alpha value is -1.43. The maximum atomic E-state index is 13.0. The van der Waals surface area contributed by atoms with Gasteiger partial charge in [0.1, 0.15) is 5.82 Å². The van der Waals surface area contributed by atoms with Gasteiger partial charge in [0.15, 0.2) is 0 Å². The van der Waals surface area contributed by atoms with Gasteiger partial charge in [-0.1, -0.05) is 0 Å². The Morgan fingerprint density at radius 1 is 1.45 bits per heavy atom. The molecule has 20 heavy (non-hydrogen) atoms. The van der Waals surface area contributed by atoms with E-state index in [0.717, 1.165) is 12.8 Å². The highest BCUT2D eigenvalue weighted by Gasteiger charge is 2.26. The van der Waals surface area contributed by atoms with Gasteiger partial charge >= 0.3 is 5.97 Å². The highest BCUT2D eigenvalue weighted by molar-refractivity contribution is 9.10. The molecule has 1 heterocycles. The fraction of sp³-hybridized carbons (Fsp3) is 0.429. The first-order valence-electron chi connectivity index (χ1n) is 6.43. The number of hydrogen-bond donors (Lipinski definition) is 1. The summed E-state index contributed by atoms with van der Waals surface area (Å²) in [4.78, 5) is 24.8. The van der Waals surface area contributed by atoms with Gasteiger partial charge in [-0.2, -0.15) is 0 Å². The highest BCUT2D eigenvalue weighted by atomic mass is 79.9. The van der Waals surface area contributed by atoms with E-state index in [9.17, 15) is 14.0 Å². The monoisotopic (exact) mass is 343 g/mol. The Morgan fingerprint density at radius 3 is 2.85 bits per heavy atom. The van der Waals surface area contributed by atoms with Gasteiger partial charge in [0.2, 0.25) is 0 Å². The molecule has 0 radical (unpaired) electrons. The molecule has 0 spiro atoms. The number of carboxylic acid groups (broad SMARTS) is 1. The SMILES string of the molecule is O=C(O)CC1CCCN(C(=O)c2ccc(F)cc2Br)C1. The zero-order valence-electron chi connectivity index (χ0n) is 10.8. The number of carbonyl (C=O) groups excluding carboxylic acids is 1. The van der Waals surface area contributed by atoms with Crippen molar-refractivity contribution in [1.29, 1.82) is 0 Å². The quantitative estimate of drug-likeness (QED) is 0.917. The topological polar surface area (TPSA) is 57.6 Å². The second-order valence-corrected chi connectivity index (χ2v) is 5.84. The smallest absolute Gasteiger partial charge is 0.303 e. The molecule has 1 fully saturated rings. The Kier molecular flexibility index (Phi) is 4.75. The molecule has 2 rings (SSSR count). The number of nitrogens with zero attached hydrogens (tertiary/aromatic N) is 1. The Bertz CT molecular complexity index is 535. The van der Waals surface area contributed by atoms with Crippen LogP contribution in [0.25, 0.3) is 0 Å². The van der Waals surface area contributed by atoms with Gasteiger partial charge in [-0.05, 0) is 52.9 Å². The van der Waals surface area contributed by atoms with Crippen molar-refractivity contribution in [3.63, 3.8) is 0 Å². The third-order valence-corrected chi connectivity index (χ3v) is 4.09. The Balaban J connectivity index is 2.10. The lowest BCUT2D eigenvalue weighted by molar-refractivity contribution is -0.138. The number of carboxylic acids is 1. The highest BCUT2D eigenvalue weighted by Crippen LogP contribution is 2.24. The average molecular weight is 344 g/mol. The van der Waals surface area contributed by atoms with Gasteiger partial charge in [-0.25, -0.2) is 4.39 Å². The fourth-order valence-corrected chi connectivity index (χ4v) is 3.02. The lowest BCUT2D eigenvalue weighted by atomic mass is 9.94. The zero-order chi connectivity index (χ0) is 14.7. The molecule has 0 saturated carbocycles. The van der Waals surface area contributed by atoms with Crippen LogP contribution >= 0.6 is 15.9 Å². The summed E-state index contributed by atoms with van der Waals surface area (Å²) in [6.45, 7) is 1.05. The minimum absolute atomic E-state index is 0.00979. The van der Waals surface area contributed by atoms with E-state index in [1.54, 1.807) is 4.90 Å². The molecule has 1 amide bonds. The summed E-state index contributed by atoms with van der Waals surface area (Å²) in [6, 6.07) is 3.95. The van der Waals surface area contributed by atoms with Crippen molar-refractivity contribution in [2.75, 3.05) is 13.1 Å². The van der Waals surface area contributed by atoms with Crippen molar-refractivity contribution in [3.8, 4) is 0 Å². The fourth-order valence-electron chi connectivity index (χ4n) is 2.50. The lowest BCUT2D eigenvalue weighted by Gasteiger charge is -2.32. The average Bonchev–Trinajstić information content (AvgIpc) is 2.37. The summed E-state index contributed by atoms with van der Waals surface area (Å²) in [5.41, 5.74) is 0.405. The summed E-state index contributed by atoms with van der Waals surface area (Å²) in [6.07, 6.45) is 1.69. The van der Waals surface area contributed by atoms with Crippen LogP contribution < -0.4 is 0 Å². The maximum Gasteiger partial charge on any atom is 0.303 e. The number of hydrogen-bond acceptors (Lipinski definition) is 2. The first kappa shape index (κ1) is 15.0. The van der Waals surface area contributed by atoms with Gasteiger partial charge in [0, 0.05) is 24.0 Å². The summed E-state index contributed by atoms with van der Waals surface area (Å²) >= 11 is 3.19. The molecule has 108 valence electrons. The predicted molar refractivity (Wildman–Crippen MR) is 75.0 cm³/mol. The van der Waals surface area contributed by atoms with Crippen LogP contribution in [0.5, 0.6) is 0 Å². The van der Waals surface area contributed by atoms with Crippen molar-refractivity contribution < 1.29 is 19.1 Å². The first-order valence-corrected chi connectivity index (χ1v) is 7.23. The number of carbonyl (C=O) groups is 2. The van der Waals surface area contributed by atoms with Crippen LogP contribution in [0.15, 0.2) is 22.7 Å². The Morgan fingerprint density at radius 2 is 2.20 bits per heavy atom. The standard InChI is InChI=1S/C14H15BrFNO3/c15-12-7-10(16)3-4-11(12)14(20)17-5-1-2-9(8-17)6-13(18)19/h3-4,7,9H,1-2,5-6,8H2,(H,18,19). The molecule has 1 N–H and O–H groups in total. The molecular formula is C14H15BrFNO3. The van der Waals surface area contributed by atoms with Crippen LogP contribution in [-0.2, 0) is 4.79 Å². The van der Waals surface area contributed by atoms with E-state index < -0.39 is 11.8 Å². The summed E-state index contributed by atoms with van der Waals surface area (Å²) in [5.74, 6) is -1.44. The number of likely N-dealkylation sites (tertiary alicyclic amines) is 1. The summed E-state index contributed by atoms with van der Waals surface area (Å²) in [7, 11) is 0. The largest absolute Gasteiger partial charge is 0.481 e. The molecule has 0 aromatic heterocycles. The molecule has 1 aromatic rings. The van der Waals surface area contributed by atoms with Gasteiger partial charge in [0.25, 0.3) is 5.91 Å². The summed E-state index contributed by atoms with van der Waals surface area (Å²) < 4.78 is 13.5. The first-order chi connectivity index (χ1) is 9.47. The Labute approximate surface area is 124 Å². The second kappa shape index (κ2) is 6.35. The molecule has 0 aliphatic carbocycles. The van der Waals surface area contributed by atoms with E-state index in [-0.39, 0.29) is 18.2 Å². The molecule has 1 aromatic carbocycles. The van der Waals surface area contributed by atoms with Crippen molar-refractivity contribution in [1.82, 2.24) is 4.90 Å². The van der Waals surface area contributed by atoms with Crippen LogP contribution in [0, 0.1) is 11.7 Å². The number of benzene rings is 1. The van der Waals surface area contributed by atoms with Gasteiger partial charge in [-0.3, -0.25) is 9.59 Å². The molecule has 1 saturated heterocycles. The van der Waals surface area contributed by atoms with E-state index in [2.05, 4.69) is 15.9 Å². The molecular weight excluding hydrogens is 329 g/mol. The van der Waals surface area contributed by atoms with E-state index >= 15 is 0 Å². The number of rotatable bonds is 3. The predicted octanol–water partition coefficient (Wildman–Crippen LogP) is 2.92. The van der Waals surface area contributed by atoms with Crippen LogP contribution in [0.2, 0.25) is 0 Å². The maximum absolute atomic E-state index is 13.0. The minimum Gasteiger partial charge on any atom is -0.481 e. The van der Waals surface area contributed by atoms with Crippen molar-refractivity contribution in [2.45, 2.75) is 19.3 Å². The minimum atomic E-state index is -0.840. The molecule has 4 nitrogen and oxygen atoms in total. The molecule has 6 heteroatoms. The number of aliphatic carboxylic acids is 1. The van der Waals surface area contributed by atoms with Gasteiger partial charge in [-0.15, -0.1) is 0 Å². The van der Waals surface area contributed by atoms with Crippen LogP contribution in [0.3, 0.4) is 0 Å². The van der Waals surface area contributed by atoms with Crippen molar-refractivity contribution in [3.05, 3.63) is 34.1 Å². The molecule has 1 aliphatic heterocycles. The third kappa shape index (κ3) is 3.56. The van der Waals surface area contributed by atoms with E-state index in [0.29, 0.717) is 23.1 Å². The zero-order valence-corrected chi connectivity index (χ0v) is 12.4. The third-order valence-electron chi connectivity index (χ3n) is 3.43.